The Morgan fingerprint density at radius 1 is 1.44 bits per heavy atom. The molecule has 5 nitrogen and oxygen atoms in total. The Bertz CT molecular complexity index is 418. The monoisotopic (exact) mass is 245 g/mol. The molecule has 0 radical (unpaired) electrons. The molecule has 0 amide bonds. The number of hydrogen-bond acceptors (Lipinski definition) is 5. The molecule has 1 fully saturated rings. The Kier molecular flexibility index (Phi) is 4.48. The van der Waals surface area contributed by atoms with Crippen LogP contribution < -0.4 is 5.32 Å². The SMILES string of the molecule is CCc1cc(NC2CCN(CC#N)CC2)ncn1. The molecule has 1 saturated heterocycles. The van der Waals surface area contributed by atoms with Crippen molar-refractivity contribution in [1.29, 1.82) is 5.26 Å². The van der Waals surface area contributed by atoms with E-state index in [2.05, 4.69) is 33.2 Å². The molecule has 1 aromatic heterocycles. The summed E-state index contributed by atoms with van der Waals surface area (Å²) in [5, 5.41) is 12.1. The maximum absolute atomic E-state index is 8.65. The van der Waals surface area contributed by atoms with E-state index in [1.54, 1.807) is 6.33 Å². The van der Waals surface area contributed by atoms with Crippen molar-refractivity contribution >= 4 is 5.82 Å². The highest BCUT2D eigenvalue weighted by atomic mass is 15.1. The van der Waals surface area contributed by atoms with Crippen LogP contribution in [0.4, 0.5) is 5.82 Å². The van der Waals surface area contributed by atoms with E-state index in [4.69, 9.17) is 5.26 Å². The van der Waals surface area contributed by atoms with E-state index < -0.39 is 0 Å². The van der Waals surface area contributed by atoms with E-state index in [0.717, 1.165) is 43.9 Å². The van der Waals surface area contributed by atoms with Crippen molar-refractivity contribution < 1.29 is 0 Å². The number of nitriles is 1. The lowest BCUT2D eigenvalue weighted by atomic mass is 10.1. The van der Waals surface area contributed by atoms with Crippen molar-refractivity contribution in [1.82, 2.24) is 14.9 Å². The molecule has 1 N–H and O–H groups in total. The first kappa shape index (κ1) is 12.8. The number of nitrogens with zero attached hydrogens (tertiary/aromatic N) is 4. The van der Waals surface area contributed by atoms with Gasteiger partial charge in [-0.2, -0.15) is 5.26 Å². The third-order valence-electron chi connectivity index (χ3n) is 3.32. The van der Waals surface area contributed by atoms with Gasteiger partial charge >= 0.3 is 0 Å². The fourth-order valence-electron chi connectivity index (χ4n) is 2.21. The van der Waals surface area contributed by atoms with Crippen molar-refractivity contribution in [2.24, 2.45) is 0 Å². The normalized spacial score (nSPS) is 17.3. The van der Waals surface area contributed by atoms with E-state index in [1.165, 1.54) is 0 Å². The standard InChI is InChI=1S/C13H19N5/c1-2-11-9-13(16-10-15-11)17-12-3-6-18(7-4-12)8-5-14/h9-10,12H,2-4,6-8H2,1H3,(H,15,16,17). The number of rotatable bonds is 4. The van der Waals surface area contributed by atoms with Crippen LogP contribution in [0.2, 0.25) is 0 Å². The van der Waals surface area contributed by atoms with Gasteiger partial charge < -0.3 is 5.32 Å². The second-order valence-electron chi connectivity index (χ2n) is 4.60. The number of hydrogen-bond donors (Lipinski definition) is 1. The van der Waals surface area contributed by atoms with Crippen LogP contribution in [-0.2, 0) is 6.42 Å². The summed E-state index contributed by atoms with van der Waals surface area (Å²) in [4.78, 5) is 10.6. The molecule has 0 saturated carbocycles. The van der Waals surface area contributed by atoms with Crippen molar-refractivity contribution in [2.45, 2.75) is 32.2 Å². The number of aromatic nitrogens is 2. The molecular formula is C13H19N5. The molecular weight excluding hydrogens is 226 g/mol. The molecule has 96 valence electrons. The van der Waals surface area contributed by atoms with Crippen LogP contribution in [0.5, 0.6) is 0 Å². The van der Waals surface area contributed by atoms with Gasteiger partial charge in [0.05, 0.1) is 12.6 Å². The molecule has 1 aliphatic heterocycles. The Labute approximate surface area is 108 Å². The molecule has 0 bridgehead atoms. The van der Waals surface area contributed by atoms with Gasteiger partial charge in [0.1, 0.15) is 12.1 Å². The Hall–Kier alpha value is -1.67. The van der Waals surface area contributed by atoms with E-state index in [-0.39, 0.29) is 0 Å². The molecule has 0 spiro atoms. The van der Waals surface area contributed by atoms with Crippen molar-refractivity contribution in [3.8, 4) is 6.07 Å². The third-order valence-corrected chi connectivity index (χ3v) is 3.32. The number of nitrogens with one attached hydrogen (secondary N) is 1. The molecule has 0 unspecified atom stereocenters. The summed E-state index contributed by atoms with van der Waals surface area (Å²) < 4.78 is 0. The molecule has 0 aromatic carbocycles. The van der Waals surface area contributed by atoms with E-state index >= 15 is 0 Å². The van der Waals surface area contributed by atoms with E-state index in [1.807, 2.05) is 6.07 Å². The fraction of sp³-hybridized carbons (Fsp3) is 0.615. The van der Waals surface area contributed by atoms with Crippen LogP contribution in [-0.4, -0.2) is 40.5 Å². The second-order valence-corrected chi connectivity index (χ2v) is 4.60. The Morgan fingerprint density at radius 3 is 2.89 bits per heavy atom. The minimum absolute atomic E-state index is 0.458. The average molecular weight is 245 g/mol. The molecule has 1 aliphatic rings. The van der Waals surface area contributed by atoms with E-state index in [0.29, 0.717) is 12.6 Å². The Balaban J connectivity index is 1.86. The number of likely N-dealkylation sites (tertiary alicyclic amines) is 1. The van der Waals surface area contributed by atoms with Gasteiger partial charge in [-0.05, 0) is 19.3 Å². The first-order chi connectivity index (χ1) is 8.81. The highest BCUT2D eigenvalue weighted by molar-refractivity contribution is 5.36. The van der Waals surface area contributed by atoms with Gasteiger partial charge in [-0.25, -0.2) is 9.97 Å². The third kappa shape index (κ3) is 3.41. The van der Waals surface area contributed by atoms with Gasteiger partial charge in [0.2, 0.25) is 0 Å². The number of anilines is 1. The van der Waals surface area contributed by atoms with Crippen LogP contribution in [0.15, 0.2) is 12.4 Å². The quantitative estimate of drug-likeness (QED) is 0.813. The highest BCUT2D eigenvalue weighted by Crippen LogP contribution is 2.15. The van der Waals surface area contributed by atoms with Crippen LogP contribution in [0.1, 0.15) is 25.5 Å². The second kappa shape index (κ2) is 6.31. The van der Waals surface area contributed by atoms with Gasteiger partial charge in [0, 0.05) is 30.9 Å². The zero-order chi connectivity index (χ0) is 12.8. The summed E-state index contributed by atoms with van der Waals surface area (Å²) in [5.74, 6) is 0.917. The van der Waals surface area contributed by atoms with Gasteiger partial charge in [0.15, 0.2) is 0 Å². The number of piperidine rings is 1. The van der Waals surface area contributed by atoms with Crippen LogP contribution in [0.25, 0.3) is 0 Å². The molecule has 2 heterocycles. The van der Waals surface area contributed by atoms with Crippen molar-refractivity contribution in [2.75, 3.05) is 25.0 Å². The summed E-state index contributed by atoms with van der Waals surface area (Å²) in [6.45, 7) is 4.60. The minimum atomic E-state index is 0.458. The lowest BCUT2D eigenvalue weighted by Crippen LogP contribution is -2.39. The summed E-state index contributed by atoms with van der Waals surface area (Å²) in [5.41, 5.74) is 1.06. The topological polar surface area (TPSA) is 64.8 Å². The van der Waals surface area contributed by atoms with Crippen LogP contribution >= 0.6 is 0 Å². The zero-order valence-corrected chi connectivity index (χ0v) is 10.8. The van der Waals surface area contributed by atoms with Crippen LogP contribution in [0, 0.1) is 11.3 Å². The van der Waals surface area contributed by atoms with Gasteiger partial charge in [-0.3, -0.25) is 4.90 Å². The lowest BCUT2D eigenvalue weighted by molar-refractivity contribution is 0.242. The van der Waals surface area contributed by atoms with Crippen LogP contribution in [0.3, 0.4) is 0 Å². The maximum atomic E-state index is 8.65. The van der Waals surface area contributed by atoms with Gasteiger partial charge in [0.25, 0.3) is 0 Å². The smallest absolute Gasteiger partial charge is 0.129 e. The molecule has 2 rings (SSSR count). The van der Waals surface area contributed by atoms with E-state index in [9.17, 15) is 0 Å². The minimum Gasteiger partial charge on any atom is -0.367 e. The lowest BCUT2D eigenvalue weighted by Gasteiger charge is -2.30. The molecule has 5 heteroatoms. The molecule has 0 atom stereocenters. The first-order valence-corrected chi connectivity index (χ1v) is 6.48. The summed E-state index contributed by atoms with van der Waals surface area (Å²) in [6, 6.07) is 4.68. The predicted octanol–water partition coefficient (Wildman–Crippen LogP) is 1.44. The first-order valence-electron chi connectivity index (χ1n) is 6.48. The van der Waals surface area contributed by atoms with Gasteiger partial charge in [-0.1, -0.05) is 6.92 Å². The summed E-state index contributed by atoms with van der Waals surface area (Å²) in [6.07, 6.45) is 4.67. The predicted molar refractivity (Wildman–Crippen MR) is 70.1 cm³/mol. The van der Waals surface area contributed by atoms with Crippen molar-refractivity contribution in [3.63, 3.8) is 0 Å². The molecule has 1 aromatic rings. The summed E-state index contributed by atoms with van der Waals surface area (Å²) >= 11 is 0. The Morgan fingerprint density at radius 2 is 2.22 bits per heavy atom. The fourth-order valence-corrected chi connectivity index (χ4v) is 2.21. The van der Waals surface area contributed by atoms with Crippen molar-refractivity contribution in [3.05, 3.63) is 18.1 Å². The largest absolute Gasteiger partial charge is 0.367 e. The van der Waals surface area contributed by atoms with Gasteiger partial charge in [-0.15, -0.1) is 0 Å². The zero-order valence-electron chi connectivity index (χ0n) is 10.8. The summed E-state index contributed by atoms with van der Waals surface area (Å²) in [7, 11) is 0. The number of aryl methyl sites for hydroxylation is 1. The average Bonchev–Trinajstić information content (AvgIpc) is 2.42. The molecule has 18 heavy (non-hydrogen) atoms. The highest BCUT2D eigenvalue weighted by Gasteiger charge is 2.18. The molecule has 0 aliphatic carbocycles. The maximum Gasteiger partial charge on any atom is 0.129 e.